The molecule has 2 N–H and O–H groups in total. The topological polar surface area (TPSA) is 70.9 Å². The lowest BCUT2D eigenvalue weighted by Crippen LogP contribution is -2.17. The fraction of sp³-hybridized carbons (Fsp3) is 0.0476. The first kappa shape index (κ1) is 20.8. The van der Waals surface area contributed by atoms with Gasteiger partial charge in [0.2, 0.25) is 0 Å². The molecular weight excluding hydrogens is 463 g/mol. The minimum atomic E-state index is -0.540. The van der Waals surface area contributed by atoms with Crippen LogP contribution in [0.25, 0.3) is 0 Å². The fourth-order valence-electron chi connectivity index (χ4n) is 2.39. The smallest absolute Gasteiger partial charge is 0.275 e. The van der Waals surface area contributed by atoms with E-state index in [1.54, 1.807) is 36.4 Å². The summed E-state index contributed by atoms with van der Waals surface area (Å²) < 4.78 is 20.0. The van der Waals surface area contributed by atoms with E-state index >= 15 is 0 Å². The summed E-state index contributed by atoms with van der Waals surface area (Å²) in [6.07, 6.45) is 1.45. The Morgan fingerprint density at radius 1 is 1.21 bits per heavy atom. The van der Waals surface area contributed by atoms with Crippen LogP contribution in [0.2, 0.25) is 5.02 Å². The highest BCUT2D eigenvalue weighted by atomic mass is 79.9. The van der Waals surface area contributed by atoms with E-state index in [1.165, 1.54) is 30.5 Å². The number of ether oxygens (including phenoxy) is 1. The molecule has 1 amide bonds. The Bertz CT molecular complexity index is 1040. The van der Waals surface area contributed by atoms with Crippen LogP contribution < -0.4 is 10.2 Å². The molecule has 0 aliphatic heterocycles. The number of phenols is 1. The van der Waals surface area contributed by atoms with E-state index in [9.17, 15) is 14.3 Å². The molecule has 3 aromatic rings. The summed E-state index contributed by atoms with van der Waals surface area (Å²) in [5, 5.41) is 13.9. The van der Waals surface area contributed by atoms with Crippen LogP contribution in [0.3, 0.4) is 0 Å². The number of nitrogens with zero attached hydrogens (tertiary/aromatic N) is 1. The molecule has 0 aliphatic rings. The van der Waals surface area contributed by atoms with E-state index in [0.29, 0.717) is 26.4 Å². The van der Waals surface area contributed by atoms with Crippen molar-refractivity contribution in [2.24, 2.45) is 5.10 Å². The van der Waals surface area contributed by atoms with Crippen LogP contribution in [-0.2, 0) is 6.61 Å². The Kier molecular flexibility index (Phi) is 6.85. The maximum atomic E-state index is 13.8. The van der Waals surface area contributed by atoms with Crippen molar-refractivity contribution in [2.45, 2.75) is 6.61 Å². The minimum Gasteiger partial charge on any atom is -0.507 e. The first-order chi connectivity index (χ1) is 13.9. The van der Waals surface area contributed by atoms with Crippen LogP contribution in [0.5, 0.6) is 11.5 Å². The average Bonchev–Trinajstić information content (AvgIpc) is 2.70. The number of hydrogen-bond donors (Lipinski definition) is 2. The van der Waals surface area contributed by atoms with Gasteiger partial charge >= 0.3 is 0 Å². The molecule has 3 rings (SSSR count). The lowest BCUT2D eigenvalue weighted by Gasteiger charge is -2.09. The number of carbonyl (C=O) groups excluding carboxylic acids is 1. The molecule has 148 valence electrons. The van der Waals surface area contributed by atoms with Crippen molar-refractivity contribution in [3.8, 4) is 11.5 Å². The first-order valence-corrected chi connectivity index (χ1v) is 9.59. The zero-order valence-electron chi connectivity index (χ0n) is 14.9. The Morgan fingerprint density at radius 3 is 2.69 bits per heavy atom. The number of phenolic OH excluding ortho intramolecular Hbond substituents is 1. The van der Waals surface area contributed by atoms with Crippen LogP contribution in [0, 0.1) is 5.82 Å². The molecule has 0 fully saturated rings. The summed E-state index contributed by atoms with van der Waals surface area (Å²) in [6.45, 7) is 0.00509. The number of aromatic hydroxyl groups is 1. The van der Waals surface area contributed by atoms with Crippen molar-refractivity contribution in [3.63, 3.8) is 0 Å². The molecule has 0 spiro atoms. The van der Waals surface area contributed by atoms with Crippen molar-refractivity contribution in [1.82, 2.24) is 5.43 Å². The summed E-state index contributed by atoms with van der Waals surface area (Å²) in [5.41, 5.74) is 3.45. The Hall–Kier alpha value is -2.90. The average molecular weight is 478 g/mol. The van der Waals surface area contributed by atoms with Crippen molar-refractivity contribution >= 4 is 39.7 Å². The summed E-state index contributed by atoms with van der Waals surface area (Å²) >= 11 is 9.22. The number of amides is 1. The van der Waals surface area contributed by atoms with Crippen LogP contribution >= 0.6 is 27.5 Å². The van der Waals surface area contributed by atoms with E-state index in [0.717, 1.165) is 0 Å². The molecule has 0 unspecified atom stereocenters. The Morgan fingerprint density at radius 2 is 1.97 bits per heavy atom. The van der Waals surface area contributed by atoms with Crippen LogP contribution in [0.15, 0.2) is 70.2 Å². The lowest BCUT2D eigenvalue weighted by atomic mass is 10.2. The van der Waals surface area contributed by atoms with Gasteiger partial charge in [-0.25, -0.2) is 9.82 Å². The highest BCUT2D eigenvalue weighted by molar-refractivity contribution is 9.10. The van der Waals surface area contributed by atoms with Crippen LogP contribution in [-0.4, -0.2) is 17.2 Å². The fourth-order valence-corrected chi connectivity index (χ4v) is 2.97. The zero-order valence-corrected chi connectivity index (χ0v) is 17.2. The van der Waals surface area contributed by atoms with Crippen LogP contribution in [0.1, 0.15) is 21.5 Å². The van der Waals surface area contributed by atoms with Gasteiger partial charge in [-0.05, 0) is 60.2 Å². The van der Waals surface area contributed by atoms with Gasteiger partial charge in [0.15, 0.2) is 0 Å². The summed E-state index contributed by atoms with van der Waals surface area (Å²) in [4.78, 5) is 12.1. The predicted molar refractivity (Wildman–Crippen MR) is 113 cm³/mol. The van der Waals surface area contributed by atoms with Gasteiger partial charge in [-0.1, -0.05) is 33.6 Å². The van der Waals surface area contributed by atoms with Gasteiger partial charge in [0.1, 0.15) is 23.9 Å². The summed E-state index contributed by atoms with van der Waals surface area (Å²) in [6, 6.07) is 15.8. The van der Waals surface area contributed by atoms with Gasteiger partial charge in [-0.3, -0.25) is 4.79 Å². The molecular formula is C21H15BrClFN2O3. The third-order valence-electron chi connectivity index (χ3n) is 3.91. The molecule has 0 bridgehead atoms. The summed E-state index contributed by atoms with van der Waals surface area (Å²) in [5.74, 6) is -0.572. The molecule has 29 heavy (non-hydrogen) atoms. The Balaban J connectivity index is 1.57. The largest absolute Gasteiger partial charge is 0.507 e. The second-order valence-electron chi connectivity index (χ2n) is 5.92. The van der Waals surface area contributed by atoms with Crippen molar-refractivity contribution in [1.29, 1.82) is 0 Å². The van der Waals surface area contributed by atoms with E-state index in [1.807, 2.05) is 0 Å². The van der Waals surface area contributed by atoms with E-state index in [2.05, 4.69) is 26.5 Å². The molecule has 0 atom stereocenters. The van der Waals surface area contributed by atoms with Gasteiger partial charge in [0.25, 0.3) is 5.91 Å². The number of hydrazone groups is 1. The third-order valence-corrected chi connectivity index (χ3v) is 4.76. The molecule has 0 heterocycles. The number of nitrogens with one attached hydrogen (secondary N) is 1. The number of carbonyl (C=O) groups is 1. The number of hydrogen-bond acceptors (Lipinski definition) is 4. The number of benzene rings is 3. The lowest BCUT2D eigenvalue weighted by molar-refractivity contribution is 0.0952. The molecule has 0 saturated heterocycles. The van der Waals surface area contributed by atoms with Gasteiger partial charge in [-0.15, -0.1) is 0 Å². The van der Waals surface area contributed by atoms with Gasteiger partial charge in [-0.2, -0.15) is 5.10 Å². The van der Waals surface area contributed by atoms with Gasteiger partial charge in [0, 0.05) is 10.0 Å². The normalized spacial score (nSPS) is 10.9. The zero-order chi connectivity index (χ0) is 20.8. The maximum absolute atomic E-state index is 13.8. The molecule has 3 aromatic carbocycles. The van der Waals surface area contributed by atoms with Crippen LogP contribution in [0.4, 0.5) is 4.39 Å². The van der Waals surface area contributed by atoms with Crippen molar-refractivity contribution in [2.75, 3.05) is 0 Å². The van der Waals surface area contributed by atoms with Crippen molar-refractivity contribution < 1.29 is 19.0 Å². The van der Waals surface area contributed by atoms with Gasteiger partial charge < -0.3 is 9.84 Å². The highest BCUT2D eigenvalue weighted by Crippen LogP contribution is 2.22. The SMILES string of the molecule is O=C(N/N=C\c1ccc(OCc2c(F)cccc2Cl)cc1)c1cc(Br)ccc1O. The molecule has 5 nitrogen and oxygen atoms in total. The molecule has 0 radical (unpaired) electrons. The maximum Gasteiger partial charge on any atom is 0.275 e. The standard InChI is InChI=1S/C21H15BrClFN2O3/c22-14-6-9-20(27)16(10-14)21(28)26-25-11-13-4-7-15(8-5-13)29-12-17-18(23)2-1-3-19(17)24/h1-11,27H,12H2,(H,26,28)/b25-11-. The Labute approximate surface area is 179 Å². The quantitative estimate of drug-likeness (QED) is 0.374. The molecule has 0 aromatic heterocycles. The predicted octanol–water partition coefficient (Wildman–Crippen LogP) is 5.29. The second-order valence-corrected chi connectivity index (χ2v) is 7.24. The number of rotatable bonds is 6. The molecule has 8 heteroatoms. The first-order valence-electron chi connectivity index (χ1n) is 8.41. The molecule has 0 aliphatic carbocycles. The highest BCUT2D eigenvalue weighted by Gasteiger charge is 2.10. The van der Waals surface area contributed by atoms with E-state index in [-0.39, 0.29) is 17.9 Å². The van der Waals surface area contributed by atoms with Gasteiger partial charge in [0.05, 0.1) is 16.8 Å². The monoisotopic (exact) mass is 476 g/mol. The molecule has 0 saturated carbocycles. The second kappa shape index (κ2) is 9.54. The minimum absolute atomic E-state index is 0.00509. The third kappa shape index (κ3) is 5.56. The number of halogens is 3. The van der Waals surface area contributed by atoms with E-state index in [4.69, 9.17) is 16.3 Å². The van der Waals surface area contributed by atoms with Crippen molar-refractivity contribution in [3.05, 3.63) is 92.7 Å². The summed E-state index contributed by atoms with van der Waals surface area (Å²) in [7, 11) is 0. The van der Waals surface area contributed by atoms with E-state index < -0.39 is 11.7 Å².